The van der Waals surface area contributed by atoms with Gasteiger partial charge in [0.2, 0.25) is 5.69 Å². The first-order valence-corrected chi connectivity index (χ1v) is 9.15. The minimum absolute atomic E-state index is 0.705. The van der Waals surface area contributed by atoms with Gasteiger partial charge in [0.15, 0.2) is 24.2 Å². The van der Waals surface area contributed by atoms with E-state index in [2.05, 4.69) is 17.1 Å². The number of nitrogens with one attached hydrogen (secondary N) is 3. The largest absolute Gasteiger partial charge is 0.496 e. The molecule has 1 aliphatic heterocycles. The molecule has 2 aromatic rings. The molecule has 1 saturated heterocycles. The van der Waals surface area contributed by atoms with E-state index in [1.54, 1.807) is 31.1 Å². The molecular formula is C20H30N3O3+3. The molecule has 140 valence electrons. The summed E-state index contributed by atoms with van der Waals surface area (Å²) in [5, 5.41) is 0. The van der Waals surface area contributed by atoms with Gasteiger partial charge in [-0.25, -0.2) is 4.98 Å². The fourth-order valence-corrected chi connectivity index (χ4v) is 3.62. The summed E-state index contributed by atoms with van der Waals surface area (Å²) in [7, 11) is 5.02. The molecule has 6 heteroatoms. The summed E-state index contributed by atoms with van der Waals surface area (Å²) in [6.45, 7) is 6.66. The zero-order valence-electron chi connectivity index (χ0n) is 15.9. The molecule has 0 radical (unpaired) electrons. The van der Waals surface area contributed by atoms with Crippen LogP contribution in [0.2, 0.25) is 0 Å². The Bertz CT molecular complexity index is 701. The maximum Gasteiger partial charge on any atom is 0.234 e. The Morgan fingerprint density at radius 2 is 1.42 bits per heavy atom. The molecule has 3 rings (SSSR count). The fourth-order valence-electron chi connectivity index (χ4n) is 3.62. The minimum Gasteiger partial charge on any atom is -0.496 e. The van der Waals surface area contributed by atoms with Gasteiger partial charge < -0.3 is 24.0 Å². The van der Waals surface area contributed by atoms with E-state index in [9.17, 15) is 0 Å². The van der Waals surface area contributed by atoms with Gasteiger partial charge in [0.1, 0.15) is 38.5 Å². The molecule has 0 saturated carbocycles. The van der Waals surface area contributed by atoms with E-state index in [1.807, 2.05) is 24.4 Å². The first kappa shape index (κ1) is 18.5. The number of methoxy groups -OCH3 is 3. The van der Waals surface area contributed by atoms with Crippen molar-refractivity contribution in [3.8, 4) is 17.2 Å². The van der Waals surface area contributed by atoms with Crippen LogP contribution in [-0.2, 0) is 13.1 Å². The van der Waals surface area contributed by atoms with Gasteiger partial charge >= 0.3 is 0 Å². The maximum atomic E-state index is 5.57. The number of piperazine rings is 1. The summed E-state index contributed by atoms with van der Waals surface area (Å²) in [5.41, 5.74) is 2.47. The van der Waals surface area contributed by atoms with Crippen molar-refractivity contribution in [2.75, 3.05) is 47.5 Å². The van der Waals surface area contributed by atoms with Gasteiger partial charge in [-0.3, -0.25) is 0 Å². The third-order valence-electron chi connectivity index (χ3n) is 5.11. The van der Waals surface area contributed by atoms with Crippen LogP contribution in [0, 0.1) is 0 Å². The van der Waals surface area contributed by atoms with Crippen molar-refractivity contribution in [2.24, 2.45) is 0 Å². The van der Waals surface area contributed by atoms with E-state index in [0.717, 1.165) is 37.7 Å². The fraction of sp³-hybridized carbons (Fsp3) is 0.450. The molecule has 0 unspecified atom stereocenters. The molecule has 0 atom stereocenters. The summed E-state index contributed by atoms with van der Waals surface area (Å²) in [5.74, 6) is 2.33. The molecule has 0 spiro atoms. The van der Waals surface area contributed by atoms with Crippen LogP contribution in [0.4, 0.5) is 0 Å². The first-order chi connectivity index (χ1) is 12.7. The van der Waals surface area contributed by atoms with Crippen molar-refractivity contribution in [1.82, 2.24) is 0 Å². The number of benzene rings is 1. The van der Waals surface area contributed by atoms with Gasteiger partial charge in [-0.05, 0) is 12.1 Å². The van der Waals surface area contributed by atoms with Crippen LogP contribution in [0.3, 0.4) is 0 Å². The number of aromatic nitrogens is 1. The number of pyridine rings is 1. The summed E-state index contributed by atoms with van der Waals surface area (Å²) < 4.78 is 16.4. The van der Waals surface area contributed by atoms with Crippen LogP contribution < -0.4 is 29.0 Å². The standard InChI is InChI=1S/C20H27N3O3/c1-24-18-13-20(26-3)19(25-2)12-16(18)14-22-8-10-23(11-9-22)15-17-6-4-5-7-21-17/h4-7,12-13H,8-11,14-15H2,1-3H3/p+3. The number of aromatic amines is 1. The monoisotopic (exact) mass is 360 g/mol. The van der Waals surface area contributed by atoms with E-state index >= 15 is 0 Å². The molecule has 26 heavy (non-hydrogen) atoms. The lowest BCUT2D eigenvalue weighted by atomic mass is 10.1. The highest BCUT2D eigenvalue weighted by Crippen LogP contribution is 2.34. The number of H-pyrrole nitrogens is 1. The Morgan fingerprint density at radius 3 is 2.00 bits per heavy atom. The number of quaternary nitrogens is 2. The second-order valence-electron chi connectivity index (χ2n) is 6.76. The highest BCUT2D eigenvalue weighted by atomic mass is 16.5. The Kier molecular flexibility index (Phi) is 6.30. The van der Waals surface area contributed by atoms with Crippen molar-refractivity contribution in [1.29, 1.82) is 0 Å². The maximum absolute atomic E-state index is 5.57. The molecule has 1 aromatic carbocycles. The topological polar surface area (TPSA) is 50.7 Å². The lowest BCUT2D eigenvalue weighted by molar-refractivity contribution is -1.03. The van der Waals surface area contributed by atoms with Crippen molar-refractivity contribution >= 4 is 0 Å². The zero-order valence-corrected chi connectivity index (χ0v) is 15.9. The average molecular weight is 360 g/mol. The first-order valence-electron chi connectivity index (χ1n) is 9.15. The van der Waals surface area contributed by atoms with E-state index in [4.69, 9.17) is 14.2 Å². The summed E-state index contributed by atoms with van der Waals surface area (Å²) in [6, 6.07) is 10.2. The molecule has 6 nitrogen and oxygen atoms in total. The van der Waals surface area contributed by atoms with Crippen molar-refractivity contribution in [3.05, 3.63) is 47.8 Å². The Morgan fingerprint density at radius 1 is 0.808 bits per heavy atom. The molecule has 1 aromatic heterocycles. The predicted octanol–water partition coefficient (Wildman–Crippen LogP) is -0.990. The second-order valence-corrected chi connectivity index (χ2v) is 6.76. The van der Waals surface area contributed by atoms with Crippen LogP contribution in [0.25, 0.3) is 0 Å². The van der Waals surface area contributed by atoms with Crippen molar-refractivity contribution in [2.45, 2.75) is 13.1 Å². The molecule has 0 bridgehead atoms. The molecule has 2 heterocycles. The van der Waals surface area contributed by atoms with E-state index in [0.29, 0.717) is 5.75 Å². The Hall–Kier alpha value is -2.31. The summed E-state index contributed by atoms with van der Waals surface area (Å²) in [6.07, 6.45) is 2.00. The van der Waals surface area contributed by atoms with Crippen LogP contribution in [-0.4, -0.2) is 47.5 Å². The molecule has 0 amide bonds. The van der Waals surface area contributed by atoms with Gasteiger partial charge in [0.25, 0.3) is 0 Å². The molecule has 1 aliphatic rings. The second kappa shape index (κ2) is 8.87. The van der Waals surface area contributed by atoms with Crippen molar-refractivity contribution in [3.63, 3.8) is 0 Å². The minimum atomic E-state index is 0.705. The molecule has 3 N–H and O–H groups in total. The lowest BCUT2D eigenvalue weighted by Crippen LogP contribution is -3.27. The van der Waals surface area contributed by atoms with Crippen LogP contribution in [0.5, 0.6) is 17.2 Å². The number of hydrogen-bond acceptors (Lipinski definition) is 3. The van der Waals surface area contributed by atoms with Gasteiger partial charge in [0, 0.05) is 18.2 Å². The Labute approximate surface area is 155 Å². The van der Waals surface area contributed by atoms with Gasteiger partial charge in [0.05, 0.1) is 26.9 Å². The normalized spacial score (nSPS) is 19.8. The average Bonchev–Trinajstić information content (AvgIpc) is 2.70. The highest BCUT2D eigenvalue weighted by molar-refractivity contribution is 5.50. The number of rotatable bonds is 7. The SMILES string of the molecule is COc1cc(OC)c(OC)cc1C[NH+]1CC[NH+](Cc2cccc[nH+]2)CC1. The van der Waals surface area contributed by atoms with Gasteiger partial charge in [-0.2, -0.15) is 0 Å². The van der Waals surface area contributed by atoms with E-state index in [1.165, 1.54) is 24.3 Å². The smallest absolute Gasteiger partial charge is 0.234 e. The number of hydrogen-bond donors (Lipinski definition) is 2. The quantitative estimate of drug-likeness (QED) is 0.667. The highest BCUT2D eigenvalue weighted by Gasteiger charge is 2.26. The van der Waals surface area contributed by atoms with Gasteiger partial charge in [-0.15, -0.1) is 0 Å². The van der Waals surface area contributed by atoms with E-state index < -0.39 is 0 Å². The van der Waals surface area contributed by atoms with Crippen molar-refractivity contribution < 1.29 is 29.0 Å². The van der Waals surface area contributed by atoms with Crippen LogP contribution in [0.1, 0.15) is 11.3 Å². The van der Waals surface area contributed by atoms with Crippen LogP contribution in [0.15, 0.2) is 36.5 Å². The third kappa shape index (κ3) is 4.45. The predicted molar refractivity (Wildman–Crippen MR) is 97.9 cm³/mol. The summed E-state index contributed by atoms with van der Waals surface area (Å²) >= 11 is 0. The summed E-state index contributed by atoms with van der Waals surface area (Å²) in [4.78, 5) is 6.55. The third-order valence-corrected chi connectivity index (χ3v) is 5.11. The zero-order chi connectivity index (χ0) is 18.4. The van der Waals surface area contributed by atoms with E-state index in [-0.39, 0.29) is 0 Å². The molecular weight excluding hydrogens is 330 g/mol. The Balaban J connectivity index is 1.60. The van der Waals surface area contributed by atoms with Gasteiger partial charge in [-0.1, -0.05) is 0 Å². The molecule has 1 fully saturated rings. The molecule has 0 aliphatic carbocycles. The lowest BCUT2D eigenvalue weighted by Gasteiger charge is -2.29. The number of ether oxygens (including phenoxy) is 3. The van der Waals surface area contributed by atoms with Crippen LogP contribution >= 0.6 is 0 Å².